The summed E-state index contributed by atoms with van der Waals surface area (Å²) in [6.45, 7) is 20.5. The van der Waals surface area contributed by atoms with Crippen molar-refractivity contribution in [2.75, 3.05) is 24.5 Å². The molecule has 0 radical (unpaired) electrons. The Labute approximate surface area is 283 Å². The molecular weight excluding hydrogens is 610 g/mol. The number of aliphatic carboxylic acids is 1. The molecule has 0 amide bonds. The predicted octanol–water partition coefficient (Wildman–Crippen LogP) is 8.10. The van der Waals surface area contributed by atoms with Crippen LogP contribution in [0, 0.1) is 26.2 Å². The lowest BCUT2D eigenvalue weighted by molar-refractivity contribution is -0.160. The zero-order chi connectivity index (χ0) is 33.8. The van der Waals surface area contributed by atoms with E-state index in [9.17, 15) is 9.90 Å². The first-order valence-corrected chi connectivity index (χ1v) is 17.1. The molecule has 1 fully saturated rings. The van der Waals surface area contributed by atoms with Crippen molar-refractivity contribution < 1.29 is 14.6 Å². The van der Waals surface area contributed by atoms with Crippen molar-refractivity contribution in [3.05, 3.63) is 80.8 Å². The second-order valence-corrected chi connectivity index (χ2v) is 15.6. The summed E-state index contributed by atoms with van der Waals surface area (Å²) in [5, 5.41) is 16.3. The van der Waals surface area contributed by atoms with E-state index in [0.29, 0.717) is 11.4 Å². The maximum absolute atomic E-state index is 13.1. The first-order valence-electron chi connectivity index (χ1n) is 16.8. The number of pyridine rings is 1. The van der Waals surface area contributed by atoms with Crippen LogP contribution in [-0.2, 0) is 29.0 Å². The average Bonchev–Trinajstić information content (AvgIpc) is 3.39. The van der Waals surface area contributed by atoms with Gasteiger partial charge in [0.15, 0.2) is 11.8 Å². The Hall–Kier alpha value is -3.46. The second-order valence-electron chi connectivity index (χ2n) is 15.2. The van der Waals surface area contributed by atoms with Gasteiger partial charge < -0.3 is 14.7 Å². The molecule has 0 unspecified atom stereocenters. The third kappa shape index (κ3) is 6.78. The number of ether oxygens (including phenoxy) is 1. The second kappa shape index (κ2) is 12.5. The number of nitrogens with zero attached hydrogens (tertiary/aromatic N) is 5. The summed E-state index contributed by atoms with van der Waals surface area (Å²) in [6, 6.07) is 12.8. The van der Waals surface area contributed by atoms with E-state index in [1.807, 2.05) is 51.3 Å². The average molecular weight is 658 g/mol. The number of hydrogen-bond donors (Lipinski definition) is 1. The SMILES string of the molecule is Cc1nc2c(-c3ccc4c(c3)CCN(Cc3c(C)cccc3Cl)C4)c(N3CCC(C)(C)CC3)c([C@H](OC(C)(C)C)C(=O)O)c(C)n2n1. The molecular formula is C38H48ClN5O3. The van der Waals surface area contributed by atoms with Crippen molar-refractivity contribution in [2.24, 2.45) is 5.41 Å². The van der Waals surface area contributed by atoms with Crippen LogP contribution in [0.3, 0.4) is 0 Å². The minimum absolute atomic E-state index is 0.218. The van der Waals surface area contributed by atoms with E-state index in [0.717, 1.165) is 85.2 Å². The van der Waals surface area contributed by atoms with Crippen LogP contribution < -0.4 is 4.90 Å². The van der Waals surface area contributed by atoms with Gasteiger partial charge in [-0.2, -0.15) is 5.10 Å². The predicted molar refractivity (Wildman–Crippen MR) is 188 cm³/mol. The van der Waals surface area contributed by atoms with E-state index in [-0.39, 0.29) is 5.41 Å². The zero-order valence-corrected chi connectivity index (χ0v) is 29.8. The van der Waals surface area contributed by atoms with Crippen molar-refractivity contribution in [1.29, 1.82) is 0 Å². The fourth-order valence-corrected chi connectivity index (χ4v) is 7.44. The Bertz CT molecular complexity index is 1810. The summed E-state index contributed by atoms with van der Waals surface area (Å²) in [5.74, 6) is -0.368. The first-order chi connectivity index (χ1) is 22.1. The number of carbonyl (C=O) groups is 1. The highest BCUT2D eigenvalue weighted by Gasteiger charge is 2.38. The van der Waals surface area contributed by atoms with Gasteiger partial charge in [0, 0.05) is 49.0 Å². The Morgan fingerprint density at radius 1 is 1.06 bits per heavy atom. The number of piperidine rings is 1. The fraction of sp³-hybridized carbons (Fsp3) is 0.500. The molecule has 47 heavy (non-hydrogen) atoms. The number of aryl methyl sites for hydroxylation is 3. The fourth-order valence-electron chi connectivity index (χ4n) is 7.16. The number of carboxylic acid groups (broad SMARTS) is 1. The monoisotopic (exact) mass is 657 g/mol. The van der Waals surface area contributed by atoms with Gasteiger partial charge in [0.05, 0.1) is 16.9 Å². The molecule has 2 aromatic carbocycles. The van der Waals surface area contributed by atoms with Crippen LogP contribution in [0.2, 0.25) is 5.02 Å². The number of benzene rings is 2. The largest absolute Gasteiger partial charge is 0.479 e. The van der Waals surface area contributed by atoms with Gasteiger partial charge in [-0.1, -0.05) is 55.8 Å². The first kappa shape index (κ1) is 33.4. The molecule has 0 aliphatic carbocycles. The van der Waals surface area contributed by atoms with Crippen molar-refractivity contribution in [3.8, 4) is 11.1 Å². The van der Waals surface area contributed by atoms with Gasteiger partial charge in [0.1, 0.15) is 5.82 Å². The van der Waals surface area contributed by atoms with Gasteiger partial charge in [-0.15, -0.1) is 0 Å². The van der Waals surface area contributed by atoms with E-state index < -0.39 is 17.7 Å². The molecule has 4 aromatic rings. The van der Waals surface area contributed by atoms with Crippen LogP contribution in [0.25, 0.3) is 16.8 Å². The maximum Gasteiger partial charge on any atom is 0.337 e. The summed E-state index contributed by atoms with van der Waals surface area (Å²) in [5.41, 5.74) is 9.53. The van der Waals surface area contributed by atoms with Crippen molar-refractivity contribution in [1.82, 2.24) is 19.5 Å². The number of anilines is 1. The molecule has 1 N–H and O–H groups in total. The van der Waals surface area contributed by atoms with E-state index in [1.165, 1.54) is 22.3 Å². The Morgan fingerprint density at radius 2 is 1.79 bits per heavy atom. The van der Waals surface area contributed by atoms with Gasteiger partial charge in [0.25, 0.3) is 0 Å². The van der Waals surface area contributed by atoms with Gasteiger partial charge in [-0.25, -0.2) is 14.3 Å². The lowest BCUT2D eigenvalue weighted by Crippen LogP contribution is -2.39. The minimum atomic E-state index is -1.17. The highest BCUT2D eigenvalue weighted by atomic mass is 35.5. The molecule has 9 heteroatoms. The van der Waals surface area contributed by atoms with Crippen molar-refractivity contribution >= 4 is 28.9 Å². The van der Waals surface area contributed by atoms with E-state index in [1.54, 1.807) is 0 Å². The van der Waals surface area contributed by atoms with E-state index in [2.05, 4.69) is 54.8 Å². The molecule has 1 saturated heterocycles. The minimum Gasteiger partial charge on any atom is -0.479 e. The third-order valence-corrected chi connectivity index (χ3v) is 10.2. The van der Waals surface area contributed by atoms with Crippen LogP contribution in [0.5, 0.6) is 0 Å². The molecule has 2 aliphatic rings. The summed E-state index contributed by atoms with van der Waals surface area (Å²) >= 11 is 6.59. The highest BCUT2D eigenvalue weighted by molar-refractivity contribution is 6.31. The van der Waals surface area contributed by atoms with Crippen LogP contribution in [0.1, 0.15) is 92.9 Å². The van der Waals surface area contributed by atoms with Crippen molar-refractivity contribution in [2.45, 2.75) is 99.4 Å². The molecule has 6 rings (SSSR count). The molecule has 4 heterocycles. The zero-order valence-electron chi connectivity index (χ0n) is 29.1. The molecule has 250 valence electrons. The lowest BCUT2D eigenvalue weighted by Gasteiger charge is -2.41. The summed E-state index contributed by atoms with van der Waals surface area (Å²) in [4.78, 5) is 22.8. The molecule has 2 aliphatic heterocycles. The summed E-state index contributed by atoms with van der Waals surface area (Å²) in [6.07, 6.45) is 1.74. The lowest BCUT2D eigenvalue weighted by atomic mass is 9.82. The number of hydrogen-bond acceptors (Lipinski definition) is 6. The number of carboxylic acids is 1. The quantitative estimate of drug-likeness (QED) is 0.215. The topological polar surface area (TPSA) is 83.2 Å². The molecule has 1 atom stereocenters. The standard InChI is InChI=1S/C38H48ClN5O3/c1-23-10-9-11-30(39)29(23)22-42-17-14-26-20-27(12-13-28(26)21-42)32-33(43-18-15-38(7,8)16-19-43)31(34(36(45)46)47-37(4,5)6)24(2)44-35(32)40-25(3)41-44/h9-13,20,34H,14-19,21-22H2,1-8H3,(H,45,46)/t34-/m0/s1. The van der Waals surface area contributed by atoms with E-state index >= 15 is 0 Å². The highest BCUT2D eigenvalue weighted by Crippen LogP contribution is 2.46. The summed E-state index contributed by atoms with van der Waals surface area (Å²) < 4.78 is 8.18. The normalized spacial score (nSPS) is 17.6. The number of aromatic nitrogens is 3. The smallest absolute Gasteiger partial charge is 0.337 e. The summed E-state index contributed by atoms with van der Waals surface area (Å²) in [7, 11) is 0. The van der Waals surface area contributed by atoms with Gasteiger partial charge >= 0.3 is 5.97 Å². The molecule has 0 spiro atoms. The van der Waals surface area contributed by atoms with Crippen LogP contribution in [0.4, 0.5) is 5.69 Å². The van der Waals surface area contributed by atoms with Gasteiger partial charge in [-0.05, 0) is 100 Å². The third-order valence-electron chi connectivity index (χ3n) is 9.85. The number of halogens is 1. The van der Waals surface area contributed by atoms with Crippen molar-refractivity contribution in [3.63, 3.8) is 0 Å². The molecule has 2 aromatic heterocycles. The maximum atomic E-state index is 13.1. The Balaban J connectivity index is 1.50. The molecule has 8 nitrogen and oxygen atoms in total. The Morgan fingerprint density at radius 3 is 2.45 bits per heavy atom. The van der Waals surface area contributed by atoms with Gasteiger partial charge in [-0.3, -0.25) is 4.90 Å². The van der Waals surface area contributed by atoms with Crippen LogP contribution in [0.15, 0.2) is 36.4 Å². The Kier molecular flexibility index (Phi) is 8.92. The van der Waals surface area contributed by atoms with Gasteiger partial charge in [0.2, 0.25) is 0 Å². The molecule has 0 bridgehead atoms. The molecule has 0 saturated carbocycles. The van der Waals surface area contributed by atoms with E-state index in [4.69, 9.17) is 26.4 Å². The number of fused-ring (bicyclic) bond motifs is 2. The van der Waals surface area contributed by atoms with Crippen LogP contribution >= 0.6 is 11.6 Å². The van der Waals surface area contributed by atoms with Crippen LogP contribution in [-0.4, -0.2) is 55.8 Å². The number of rotatable bonds is 7.